The molecule has 5 heteroatoms. The maximum atomic E-state index is 11.6. The maximum absolute atomic E-state index is 11.6. The predicted octanol–water partition coefficient (Wildman–Crippen LogP) is 1.64. The van der Waals surface area contributed by atoms with Crippen LogP contribution in [-0.4, -0.2) is 36.8 Å². The van der Waals surface area contributed by atoms with Gasteiger partial charge in [-0.25, -0.2) is 9.78 Å². The molecular weight excluding hydrogens is 232 g/mol. The summed E-state index contributed by atoms with van der Waals surface area (Å²) in [4.78, 5) is 15.7. The first-order chi connectivity index (χ1) is 8.65. The van der Waals surface area contributed by atoms with Gasteiger partial charge in [-0.3, -0.25) is 0 Å². The van der Waals surface area contributed by atoms with Crippen LogP contribution in [0.2, 0.25) is 0 Å². The van der Waals surface area contributed by atoms with Gasteiger partial charge >= 0.3 is 5.97 Å². The third-order valence-electron chi connectivity index (χ3n) is 2.16. The highest BCUT2D eigenvalue weighted by molar-refractivity contribution is 5.91. The number of aromatic nitrogens is 1. The SMILES string of the molecule is CCOC(=O)c1cccnc1OCCNC(C)C. The molecule has 0 aliphatic carbocycles. The lowest BCUT2D eigenvalue weighted by molar-refractivity contribution is 0.0520. The minimum atomic E-state index is -0.405. The van der Waals surface area contributed by atoms with Gasteiger partial charge in [-0.15, -0.1) is 0 Å². The maximum Gasteiger partial charge on any atom is 0.343 e. The van der Waals surface area contributed by atoms with Gasteiger partial charge < -0.3 is 14.8 Å². The fourth-order valence-corrected chi connectivity index (χ4v) is 1.37. The van der Waals surface area contributed by atoms with E-state index >= 15 is 0 Å². The zero-order valence-electron chi connectivity index (χ0n) is 11.1. The first-order valence-electron chi connectivity index (χ1n) is 6.13. The van der Waals surface area contributed by atoms with E-state index in [1.165, 1.54) is 0 Å². The number of carbonyl (C=O) groups is 1. The molecule has 0 saturated heterocycles. The first-order valence-corrected chi connectivity index (χ1v) is 6.13. The quantitative estimate of drug-likeness (QED) is 0.590. The van der Waals surface area contributed by atoms with E-state index in [9.17, 15) is 4.79 Å². The Morgan fingerprint density at radius 1 is 1.50 bits per heavy atom. The third kappa shape index (κ3) is 4.71. The van der Waals surface area contributed by atoms with Gasteiger partial charge in [-0.05, 0) is 19.1 Å². The molecule has 0 amide bonds. The molecule has 0 aliphatic rings. The Hall–Kier alpha value is -1.62. The lowest BCUT2D eigenvalue weighted by atomic mass is 10.3. The molecule has 0 bridgehead atoms. The molecule has 1 aromatic rings. The number of pyridine rings is 1. The molecule has 0 aliphatic heterocycles. The Bertz CT molecular complexity index is 380. The molecule has 1 aromatic heterocycles. The lowest BCUT2D eigenvalue weighted by Gasteiger charge is -2.11. The zero-order chi connectivity index (χ0) is 13.4. The highest BCUT2D eigenvalue weighted by atomic mass is 16.5. The fourth-order valence-electron chi connectivity index (χ4n) is 1.37. The van der Waals surface area contributed by atoms with E-state index < -0.39 is 5.97 Å². The van der Waals surface area contributed by atoms with Crippen molar-refractivity contribution in [1.82, 2.24) is 10.3 Å². The number of nitrogens with one attached hydrogen (secondary N) is 1. The van der Waals surface area contributed by atoms with Crippen molar-refractivity contribution in [3.05, 3.63) is 23.9 Å². The minimum Gasteiger partial charge on any atom is -0.476 e. The van der Waals surface area contributed by atoms with Gasteiger partial charge in [0.2, 0.25) is 5.88 Å². The van der Waals surface area contributed by atoms with Crippen LogP contribution in [0.15, 0.2) is 18.3 Å². The number of hydrogen-bond donors (Lipinski definition) is 1. The monoisotopic (exact) mass is 252 g/mol. The molecule has 0 atom stereocenters. The van der Waals surface area contributed by atoms with Crippen molar-refractivity contribution < 1.29 is 14.3 Å². The first kappa shape index (κ1) is 14.4. The normalized spacial score (nSPS) is 10.4. The van der Waals surface area contributed by atoms with Gasteiger partial charge in [-0.1, -0.05) is 13.8 Å². The highest BCUT2D eigenvalue weighted by Crippen LogP contribution is 2.15. The van der Waals surface area contributed by atoms with Gasteiger partial charge in [0.1, 0.15) is 12.2 Å². The number of nitrogens with zero attached hydrogens (tertiary/aromatic N) is 1. The Morgan fingerprint density at radius 3 is 2.94 bits per heavy atom. The van der Waals surface area contributed by atoms with Crippen molar-refractivity contribution in [2.45, 2.75) is 26.8 Å². The summed E-state index contributed by atoms with van der Waals surface area (Å²) < 4.78 is 10.4. The summed E-state index contributed by atoms with van der Waals surface area (Å²) in [6, 6.07) is 3.74. The topological polar surface area (TPSA) is 60.5 Å². The second kappa shape index (κ2) is 7.66. The summed E-state index contributed by atoms with van der Waals surface area (Å²) in [5.74, 6) is -0.0843. The number of hydrogen-bond acceptors (Lipinski definition) is 5. The van der Waals surface area contributed by atoms with Crippen molar-refractivity contribution >= 4 is 5.97 Å². The number of rotatable bonds is 7. The molecule has 100 valence electrons. The standard InChI is InChI=1S/C13H20N2O3/c1-4-17-13(16)11-6-5-7-15-12(11)18-9-8-14-10(2)3/h5-7,10,14H,4,8-9H2,1-3H3. The van der Waals surface area contributed by atoms with Gasteiger partial charge in [0, 0.05) is 18.8 Å². The van der Waals surface area contributed by atoms with Crippen LogP contribution in [0.3, 0.4) is 0 Å². The highest BCUT2D eigenvalue weighted by Gasteiger charge is 2.14. The molecule has 0 radical (unpaired) electrons. The van der Waals surface area contributed by atoms with Crippen LogP contribution < -0.4 is 10.1 Å². The van der Waals surface area contributed by atoms with Crippen molar-refractivity contribution in [3.63, 3.8) is 0 Å². The van der Waals surface area contributed by atoms with Crippen LogP contribution >= 0.6 is 0 Å². The lowest BCUT2D eigenvalue weighted by Crippen LogP contribution is -2.28. The number of ether oxygens (including phenoxy) is 2. The van der Waals surface area contributed by atoms with Gasteiger partial charge in [-0.2, -0.15) is 0 Å². The van der Waals surface area contributed by atoms with Crippen LogP contribution in [0.4, 0.5) is 0 Å². The van der Waals surface area contributed by atoms with E-state index in [1.54, 1.807) is 25.3 Å². The molecule has 0 saturated carbocycles. The Balaban J connectivity index is 2.56. The zero-order valence-corrected chi connectivity index (χ0v) is 11.1. The molecule has 0 fully saturated rings. The fraction of sp³-hybridized carbons (Fsp3) is 0.538. The average molecular weight is 252 g/mol. The molecule has 0 spiro atoms. The molecule has 1 rings (SSSR count). The number of esters is 1. The average Bonchev–Trinajstić information content (AvgIpc) is 2.35. The smallest absolute Gasteiger partial charge is 0.343 e. The molecule has 5 nitrogen and oxygen atoms in total. The van der Waals surface area contributed by atoms with Crippen LogP contribution in [0.5, 0.6) is 5.88 Å². The van der Waals surface area contributed by atoms with Crippen LogP contribution in [-0.2, 0) is 4.74 Å². The second-order valence-electron chi connectivity index (χ2n) is 4.03. The van der Waals surface area contributed by atoms with E-state index in [1.807, 2.05) is 0 Å². The summed E-state index contributed by atoms with van der Waals surface area (Å²) in [6.45, 7) is 7.39. The van der Waals surface area contributed by atoms with E-state index in [-0.39, 0.29) is 0 Å². The van der Waals surface area contributed by atoms with E-state index in [4.69, 9.17) is 9.47 Å². The summed E-state index contributed by atoms with van der Waals surface area (Å²) in [6.07, 6.45) is 1.59. The van der Waals surface area contributed by atoms with Gasteiger partial charge in [0.25, 0.3) is 0 Å². The van der Waals surface area contributed by atoms with Crippen molar-refractivity contribution in [2.24, 2.45) is 0 Å². The van der Waals surface area contributed by atoms with Crippen LogP contribution in [0.25, 0.3) is 0 Å². The Labute approximate surface area is 108 Å². The second-order valence-corrected chi connectivity index (χ2v) is 4.03. The molecule has 1 heterocycles. The van der Waals surface area contributed by atoms with Crippen LogP contribution in [0.1, 0.15) is 31.1 Å². The summed E-state index contributed by atoms with van der Waals surface area (Å²) >= 11 is 0. The van der Waals surface area contributed by atoms with E-state index in [0.717, 1.165) is 0 Å². The Kier molecular flexibility index (Phi) is 6.14. The molecule has 18 heavy (non-hydrogen) atoms. The molecule has 0 aromatic carbocycles. The molecular formula is C13H20N2O3. The molecule has 0 unspecified atom stereocenters. The van der Waals surface area contributed by atoms with Crippen LogP contribution in [0, 0.1) is 0 Å². The van der Waals surface area contributed by atoms with E-state index in [2.05, 4.69) is 24.1 Å². The summed E-state index contributed by atoms with van der Waals surface area (Å²) in [5, 5.41) is 3.22. The van der Waals surface area contributed by atoms with Crippen molar-refractivity contribution in [2.75, 3.05) is 19.8 Å². The summed E-state index contributed by atoms with van der Waals surface area (Å²) in [5.41, 5.74) is 0.365. The third-order valence-corrected chi connectivity index (χ3v) is 2.16. The summed E-state index contributed by atoms with van der Waals surface area (Å²) in [7, 11) is 0. The van der Waals surface area contributed by atoms with Crippen molar-refractivity contribution in [1.29, 1.82) is 0 Å². The van der Waals surface area contributed by atoms with Gasteiger partial charge in [0.15, 0.2) is 0 Å². The van der Waals surface area contributed by atoms with E-state index in [0.29, 0.717) is 37.2 Å². The largest absolute Gasteiger partial charge is 0.476 e. The Morgan fingerprint density at radius 2 is 2.28 bits per heavy atom. The molecule has 1 N–H and O–H groups in total. The predicted molar refractivity (Wildman–Crippen MR) is 68.8 cm³/mol. The number of carbonyl (C=O) groups excluding carboxylic acids is 1. The van der Waals surface area contributed by atoms with Gasteiger partial charge in [0.05, 0.1) is 6.61 Å². The minimum absolute atomic E-state index is 0.321. The van der Waals surface area contributed by atoms with Crippen molar-refractivity contribution in [3.8, 4) is 5.88 Å².